The molecular formula is C13H16N2O3. The van der Waals surface area contributed by atoms with Gasteiger partial charge >= 0.3 is 0 Å². The van der Waals surface area contributed by atoms with Crippen LogP contribution in [0.2, 0.25) is 0 Å². The van der Waals surface area contributed by atoms with Crippen LogP contribution >= 0.6 is 0 Å². The van der Waals surface area contributed by atoms with E-state index in [1.807, 2.05) is 13.8 Å². The Morgan fingerprint density at radius 2 is 2.06 bits per heavy atom. The van der Waals surface area contributed by atoms with Crippen LogP contribution in [0, 0.1) is 16.0 Å². The number of nitrogens with one attached hydrogen (secondary N) is 1. The summed E-state index contributed by atoms with van der Waals surface area (Å²) in [5.41, 5.74) is 1.52. The molecule has 0 bridgehead atoms. The van der Waals surface area contributed by atoms with Gasteiger partial charge in [0.15, 0.2) is 0 Å². The van der Waals surface area contributed by atoms with Crippen LogP contribution in [0.5, 0.6) is 0 Å². The van der Waals surface area contributed by atoms with Crippen LogP contribution in [0.1, 0.15) is 38.2 Å². The molecule has 18 heavy (non-hydrogen) atoms. The fraction of sp³-hybridized carbons (Fsp3) is 0.462. The zero-order valence-corrected chi connectivity index (χ0v) is 10.5. The van der Waals surface area contributed by atoms with Crippen molar-refractivity contribution in [1.29, 1.82) is 0 Å². The van der Waals surface area contributed by atoms with Crippen molar-refractivity contribution in [3.8, 4) is 0 Å². The Kier molecular flexibility index (Phi) is 3.32. The van der Waals surface area contributed by atoms with Gasteiger partial charge in [-0.05, 0) is 17.5 Å². The highest BCUT2D eigenvalue weighted by molar-refractivity contribution is 6.03. The van der Waals surface area contributed by atoms with E-state index < -0.39 is 4.92 Å². The summed E-state index contributed by atoms with van der Waals surface area (Å²) in [6.45, 7) is 4.08. The van der Waals surface area contributed by atoms with Crippen molar-refractivity contribution >= 4 is 17.3 Å². The van der Waals surface area contributed by atoms with E-state index in [0.29, 0.717) is 5.69 Å². The summed E-state index contributed by atoms with van der Waals surface area (Å²) >= 11 is 0. The highest BCUT2D eigenvalue weighted by atomic mass is 16.6. The number of rotatable bonds is 4. The predicted octanol–water partition coefficient (Wildman–Crippen LogP) is 3.07. The second-order valence-corrected chi connectivity index (χ2v) is 4.57. The van der Waals surface area contributed by atoms with Crippen molar-refractivity contribution in [2.45, 2.75) is 32.6 Å². The fourth-order valence-electron chi connectivity index (χ4n) is 2.61. The van der Waals surface area contributed by atoms with Crippen molar-refractivity contribution in [2.75, 3.05) is 5.32 Å². The Hall–Kier alpha value is -1.91. The molecule has 96 valence electrons. The molecule has 0 saturated heterocycles. The lowest BCUT2D eigenvalue weighted by Crippen LogP contribution is -2.20. The summed E-state index contributed by atoms with van der Waals surface area (Å²) in [6, 6.07) is 4.57. The van der Waals surface area contributed by atoms with E-state index in [-0.39, 0.29) is 23.4 Å². The molecule has 1 N–H and O–H groups in total. The molecule has 0 fully saturated rings. The van der Waals surface area contributed by atoms with Crippen LogP contribution < -0.4 is 5.32 Å². The van der Waals surface area contributed by atoms with E-state index in [9.17, 15) is 14.9 Å². The largest absolute Gasteiger partial charge is 0.325 e. The van der Waals surface area contributed by atoms with Gasteiger partial charge in [0.25, 0.3) is 5.69 Å². The van der Waals surface area contributed by atoms with Crippen LogP contribution in [0.4, 0.5) is 11.4 Å². The number of hydrogen-bond acceptors (Lipinski definition) is 3. The van der Waals surface area contributed by atoms with E-state index >= 15 is 0 Å². The van der Waals surface area contributed by atoms with Crippen molar-refractivity contribution in [2.24, 2.45) is 5.92 Å². The molecule has 5 nitrogen and oxygen atoms in total. The average Bonchev–Trinajstić information content (AvgIpc) is 2.67. The van der Waals surface area contributed by atoms with Crippen LogP contribution in [-0.4, -0.2) is 10.8 Å². The van der Waals surface area contributed by atoms with Gasteiger partial charge in [-0.15, -0.1) is 0 Å². The normalized spacial score (nSPS) is 17.7. The van der Waals surface area contributed by atoms with Crippen molar-refractivity contribution in [3.63, 3.8) is 0 Å². The number of nitrogens with zero attached hydrogens (tertiary/aromatic N) is 1. The molecule has 1 aromatic rings. The quantitative estimate of drug-likeness (QED) is 0.657. The third-order valence-corrected chi connectivity index (χ3v) is 3.64. The third-order valence-electron chi connectivity index (χ3n) is 3.64. The number of non-ortho nitro benzene ring substituents is 1. The average molecular weight is 248 g/mol. The first-order chi connectivity index (χ1) is 8.58. The molecule has 1 aromatic carbocycles. The molecule has 0 spiro atoms. The number of carbonyl (C=O) groups is 1. The van der Waals surface area contributed by atoms with Gasteiger partial charge in [0.2, 0.25) is 5.91 Å². The SMILES string of the molecule is CCC(CC)C1C(=O)Nc2ccc([N+](=O)[O-])cc21. The maximum absolute atomic E-state index is 12.0. The lowest BCUT2D eigenvalue weighted by atomic mass is 9.83. The van der Waals surface area contributed by atoms with Crippen LogP contribution in [0.15, 0.2) is 18.2 Å². The molecule has 1 atom stereocenters. The molecule has 1 amide bonds. The summed E-state index contributed by atoms with van der Waals surface area (Å²) in [5.74, 6) is -0.0673. The highest BCUT2D eigenvalue weighted by Gasteiger charge is 2.36. The van der Waals surface area contributed by atoms with Crippen molar-refractivity contribution in [3.05, 3.63) is 33.9 Å². The van der Waals surface area contributed by atoms with Gasteiger partial charge in [0, 0.05) is 17.8 Å². The Morgan fingerprint density at radius 1 is 1.39 bits per heavy atom. The van der Waals surface area contributed by atoms with E-state index in [4.69, 9.17) is 0 Å². The summed E-state index contributed by atoms with van der Waals surface area (Å²) in [6.07, 6.45) is 1.77. The van der Waals surface area contributed by atoms with Crippen molar-refractivity contribution < 1.29 is 9.72 Å². The van der Waals surface area contributed by atoms with Crippen molar-refractivity contribution in [1.82, 2.24) is 0 Å². The number of benzene rings is 1. The number of nitro benzene ring substituents is 1. The summed E-state index contributed by atoms with van der Waals surface area (Å²) in [5, 5.41) is 13.6. The second kappa shape index (κ2) is 4.76. The minimum atomic E-state index is -0.424. The van der Waals surface area contributed by atoms with Crippen LogP contribution in [0.25, 0.3) is 0 Å². The summed E-state index contributed by atoms with van der Waals surface area (Å²) in [7, 11) is 0. The van der Waals surface area contributed by atoms with Gasteiger partial charge in [0.1, 0.15) is 0 Å². The van der Waals surface area contributed by atoms with Gasteiger partial charge in [-0.25, -0.2) is 0 Å². The molecule has 1 heterocycles. The second-order valence-electron chi connectivity index (χ2n) is 4.57. The fourth-order valence-corrected chi connectivity index (χ4v) is 2.61. The van der Waals surface area contributed by atoms with Gasteiger partial charge in [0.05, 0.1) is 10.8 Å². The molecule has 5 heteroatoms. The standard InChI is InChI=1S/C13H16N2O3/c1-3-8(4-2)12-10-7-9(15(17)18)5-6-11(10)14-13(12)16/h5-8,12H,3-4H2,1-2H3,(H,14,16). The molecule has 1 unspecified atom stereocenters. The highest BCUT2D eigenvalue weighted by Crippen LogP contribution is 2.41. The molecule has 1 aliphatic heterocycles. The molecule has 0 aliphatic carbocycles. The maximum atomic E-state index is 12.0. The summed E-state index contributed by atoms with van der Waals surface area (Å²) in [4.78, 5) is 22.4. The molecule has 0 aromatic heterocycles. The number of amides is 1. The Morgan fingerprint density at radius 3 is 2.61 bits per heavy atom. The monoisotopic (exact) mass is 248 g/mol. The summed E-state index contributed by atoms with van der Waals surface area (Å²) < 4.78 is 0. The van der Waals surface area contributed by atoms with E-state index in [1.165, 1.54) is 12.1 Å². The molecule has 2 rings (SSSR count). The zero-order chi connectivity index (χ0) is 13.3. The van der Waals surface area contributed by atoms with Gasteiger partial charge in [-0.3, -0.25) is 14.9 Å². The number of hydrogen-bond donors (Lipinski definition) is 1. The molecule has 0 radical (unpaired) electrons. The Labute approximate surface area is 105 Å². The minimum Gasteiger partial charge on any atom is -0.325 e. The first-order valence-electron chi connectivity index (χ1n) is 6.17. The zero-order valence-electron chi connectivity index (χ0n) is 10.5. The van der Waals surface area contributed by atoms with E-state index in [0.717, 1.165) is 18.4 Å². The first kappa shape index (κ1) is 12.5. The third kappa shape index (κ3) is 1.96. The number of nitro groups is 1. The Balaban J connectivity index is 2.45. The minimum absolute atomic E-state index is 0.0424. The Bertz CT molecular complexity index is 495. The van der Waals surface area contributed by atoms with E-state index in [2.05, 4.69) is 5.32 Å². The van der Waals surface area contributed by atoms with Gasteiger partial charge in [-0.2, -0.15) is 0 Å². The lowest BCUT2D eigenvalue weighted by Gasteiger charge is -2.18. The van der Waals surface area contributed by atoms with E-state index in [1.54, 1.807) is 6.07 Å². The number of fused-ring (bicyclic) bond motifs is 1. The van der Waals surface area contributed by atoms with Crippen LogP contribution in [0.3, 0.4) is 0 Å². The lowest BCUT2D eigenvalue weighted by molar-refractivity contribution is -0.384. The number of anilines is 1. The molecule has 0 saturated carbocycles. The van der Waals surface area contributed by atoms with Crippen LogP contribution in [-0.2, 0) is 4.79 Å². The molecule has 1 aliphatic rings. The van der Waals surface area contributed by atoms with Gasteiger partial charge < -0.3 is 5.32 Å². The first-order valence-corrected chi connectivity index (χ1v) is 6.17. The smallest absolute Gasteiger partial charge is 0.269 e. The van der Waals surface area contributed by atoms with Gasteiger partial charge in [-0.1, -0.05) is 26.7 Å². The topological polar surface area (TPSA) is 72.2 Å². The maximum Gasteiger partial charge on any atom is 0.269 e. The predicted molar refractivity (Wildman–Crippen MR) is 68.5 cm³/mol. The number of carbonyl (C=O) groups excluding carboxylic acids is 1. The molecular weight excluding hydrogens is 232 g/mol.